The first-order chi connectivity index (χ1) is 17.6. The number of imide groups is 1. The Morgan fingerprint density at radius 1 is 1.08 bits per heavy atom. The third-order valence-electron chi connectivity index (χ3n) is 5.67. The zero-order valence-corrected chi connectivity index (χ0v) is 21.6. The fraction of sp³-hybridized carbons (Fsp3) is 0.375. The highest BCUT2D eigenvalue weighted by molar-refractivity contribution is 7.98. The number of rotatable bonds is 7. The summed E-state index contributed by atoms with van der Waals surface area (Å²) in [6.45, 7) is 1.68. The van der Waals surface area contributed by atoms with Gasteiger partial charge in [0.15, 0.2) is 0 Å². The summed E-state index contributed by atoms with van der Waals surface area (Å²) >= 11 is 7.58. The number of halogens is 7. The number of anilines is 1. The highest BCUT2D eigenvalue weighted by atomic mass is 35.5. The third-order valence-corrected chi connectivity index (χ3v) is 6.62. The van der Waals surface area contributed by atoms with Gasteiger partial charge in [-0.2, -0.15) is 30.0 Å². The number of carbonyl (C=O) groups excluding carboxylic acids is 2. The first-order valence-corrected chi connectivity index (χ1v) is 12.8. The summed E-state index contributed by atoms with van der Waals surface area (Å²) in [5.41, 5.74) is -0.349. The number of hydrogen-bond acceptors (Lipinski definition) is 5. The van der Waals surface area contributed by atoms with Crippen LogP contribution in [0.2, 0.25) is 5.02 Å². The summed E-state index contributed by atoms with van der Waals surface area (Å²) in [6.07, 6.45) is -7.32. The molecule has 0 fully saturated rings. The van der Waals surface area contributed by atoms with Crippen LogP contribution in [0.4, 0.5) is 36.8 Å². The number of alkyl halides is 6. The second kappa shape index (κ2) is 11.4. The smallest absolute Gasteiger partial charge is 0.406 e. The maximum absolute atomic E-state index is 13.5. The highest BCUT2D eigenvalue weighted by Gasteiger charge is 2.49. The molecule has 0 aliphatic carbocycles. The first kappa shape index (κ1) is 29.6. The molecule has 0 saturated heterocycles. The quantitative estimate of drug-likeness (QED) is 0.258. The highest BCUT2D eigenvalue weighted by Crippen LogP contribution is 2.38. The van der Waals surface area contributed by atoms with E-state index in [-0.39, 0.29) is 11.4 Å². The molecular weight excluding hydrogens is 560 g/mol. The molecule has 0 N–H and O–H groups in total. The van der Waals surface area contributed by atoms with Crippen molar-refractivity contribution in [2.24, 2.45) is 10.5 Å². The van der Waals surface area contributed by atoms with E-state index in [0.717, 1.165) is 29.3 Å². The normalized spacial score (nSPS) is 17.8. The Balaban J connectivity index is 2.00. The summed E-state index contributed by atoms with van der Waals surface area (Å²) < 4.78 is 81.6. The van der Waals surface area contributed by atoms with Crippen LogP contribution in [0.5, 0.6) is 5.75 Å². The standard InChI is InChI=1S/C24H22ClF6N3O3S/c1-22(12-3-13-38-2)14-33(32-19(22)15-4-6-16(25)7-5-15)21(36)34(20(35)23(26,27)28)17-8-10-18(11-9-17)37-24(29,30)31/h4-11H,3,12-14H2,1-2H3. The Bertz CT molecular complexity index is 1190. The lowest BCUT2D eigenvalue weighted by molar-refractivity contribution is -0.274. The number of carbonyl (C=O) groups is 2. The Morgan fingerprint density at radius 3 is 2.21 bits per heavy atom. The number of hydrogen-bond donors (Lipinski definition) is 0. The molecule has 1 aliphatic heterocycles. The number of thioether (sulfide) groups is 1. The van der Waals surface area contributed by atoms with Crippen LogP contribution in [-0.4, -0.2) is 53.8 Å². The van der Waals surface area contributed by atoms with E-state index in [9.17, 15) is 35.9 Å². The van der Waals surface area contributed by atoms with Crippen molar-refractivity contribution in [1.82, 2.24) is 5.01 Å². The number of amides is 3. The molecule has 1 unspecified atom stereocenters. The van der Waals surface area contributed by atoms with Gasteiger partial charge in [0.05, 0.1) is 17.9 Å². The average molecular weight is 582 g/mol. The van der Waals surface area contributed by atoms with Gasteiger partial charge in [-0.05, 0) is 66.8 Å². The fourth-order valence-corrected chi connectivity index (χ4v) is 4.52. The minimum atomic E-state index is -5.46. The van der Waals surface area contributed by atoms with E-state index < -0.39 is 41.3 Å². The van der Waals surface area contributed by atoms with E-state index in [2.05, 4.69) is 9.84 Å². The van der Waals surface area contributed by atoms with Gasteiger partial charge in [-0.3, -0.25) is 4.79 Å². The number of hydrazone groups is 1. The van der Waals surface area contributed by atoms with Gasteiger partial charge in [-0.1, -0.05) is 30.7 Å². The van der Waals surface area contributed by atoms with Crippen molar-refractivity contribution in [3.05, 3.63) is 59.1 Å². The van der Waals surface area contributed by atoms with Crippen molar-refractivity contribution in [3.8, 4) is 5.75 Å². The van der Waals surface area contributed by atoms with Gasteiger partial charge in [-0.15, -0.1) is 13.2 Å². The monoisotopic (exact) mass is 581 g/mol. The maximum Gasteiger partial charge on any atom is 0.573 e. The third kappa shape index (κ3) is 7.13. The van der Waals surface area contributed by atoms with E-state index in [0.29, 0.717) is 34.9 Å². The largest absolute Gasteiger partial charge is 0.573 e. The molecule has 2 aromatic rings. The second-order valence-electron chi connectivity index (χ2n) is 8.63. The van der Waals surface area contributed by atoms with Crippen LogP contribution < -0.4 is 9.64 Å². The van der Waals surface area contributed by atoms with Gasteiger partial charge in [0, 0.05) is 10.4 Å². The van der Waals surface area contributed by atoms with Gasteiger partial charge < -0.3 is 4.74 Å². The fourth-order valence-electron chi connectivity index (χ4n) is 3.96. The average Bonchev–Trinajstić information content (AvgIpc) is 3.17. The van der Waals surface area contributed by atoms with Crippen LogP contribution in [0, 0.1) is 5.41 Å². The molecule has 38 heavy (non-hydrogen) atoms. The van der Waals surface area contributed by atoms with Crippen molar-refractivity contribution >= 4 is 46.7 Å². The van der Waals surface area contributed by atoms with Crippen molar-refractivity contribution in [2.45, 2.75) is 32.3 Å². The molecule has 6 nitrogen and oxygen atoms in total. The zero-order chi connectivity index (χ0) is 28.3. The topological polar surface area (TPSA) is 62.2 Å². The van der Waals surface area contributed by atoms with Crippen LogP contribution in [0.3, 0.4) is 0 Å². The molecule has 1 aliphatic rings. The summed E-state index contributed by atoms with van der Waals surface area (Å²) in [5.74, 6) is -2.47. The van der Waals surface area contributed by atoms with E-state index in [1.54, 1.807) is 36.0 Å². The Kier molecular flexibility index (Phi) is 8.92. The molecule has 3 rings (SSSR count). The van der Waals surface area contributed by atoms with Gasteiger partial charge in [-0.25, -0.2) is 14.7 Å². The van der Waals surface area contributed by atoms with Crippen LogP contribution in [0.1, 0.15) is 25.3 Å². The SMILES string of the molecule is CSCCCC1(C)CN(C(=O)N(C(=O)C(F)(F)F)c2ccc(OC(F)(F)F)cc2)N=C1c1ccc(Cl)cc1. The van der Waals surface area contributed by atoms with E-state index in [1.165, 1.54) is 0 Å². The molecule has 0 radical (unpaired) electrons. The van der Waals surface area contributed by atoms with Crippen molar-refractivity contribution < 1.29 is 40.7 Å². The molecule has 0 saturated carbocycles. The Labute approximate surface area is 223 Å². The van der Waals surface area contributed by atoms with Gasteiger partial charge in [0.1, 0.15) is 5.75 Å². The summed E-state index contributed by atoms with van der Waals surface area (Å²) in [6, 6.07) is 8.04. The van der Waals surface area contributed by atoms with E-state index in [1.807, 2.05) is 13.2 Å². The molecule has 14 heteroatoms. The lowest BCUT2D eigenvalue weighted by Crippen LogP contribution is -2.50. The zero-order valence-electron chi connectivity index (χ0n) is 20.1. The lowest BCUT2D eigenvalue weighted by Gasteiger charge is -2.29. The molecule has 1 atom stereocenters. The molecule has 0 aromatic heterocycles. The van der Waals surface area contributed by atoms with Gasteiger partial charge in [0.2, 0.25) is 0 Å². The Morgan fingerprint density at radius 2 is 1.68 bits per heavy atom. The van der Waals surface area contributed by atoms with Crippen LogP contribution in [0.15, 0.2) is 53.6 Å². The molecule has 3 amide bonds. The predicted octanol–water partition coefficient (Wildman–Crippen LogP) is 7.12. The molecule has 2 aromatic carbocycles. The van der Waals surface area contributed by atoms with Crippen LogP contribution in [0.25, 0.3) is 0 Å². The maximum atomic E-state index is 13.5. The molecular formula is C24H22ClF6N3O3S. The van der Waals surface area contributed by atoms with E-state index >= 15 is 0 Å². The minimum absolute atomic E-state index is 0.130. The summed E-state index contributed by atoms with van der Waals surface area (Å²) in [5, 5.41) is 5.53. The van der Waals surface area contributed by atoms with Crippen LogP contribution >= 0.6 is 23.4 Å². The molecule has 206 valence electrons. The number of urea groups is 1. The van der Waals surface area contributed by atoms with E-state index in [4.69, 9.17) is 11.6 Å². The predicted molar refractivity (Wildman–Crippen MR) is 132 cm³/mol. The summed E-state index contributed by atoms with van der Waals surface area (Å²) in [7, 11) is 0. The molecule has 0 bridgehead atoms. The van der Waals surface area contributed by atoms with Crippen molar-refractivity contribution in [1.29, 1.82) is 0 Å². The van der Waals surface area contributed by atoms with Crippen molar-refractivity contribution in [2.75, 3.05) is 23.5 Å². The molecule has 1 heterocycles. The number of nitrogens with zero attached hydrogens (tertiary/aromatic N) is 3. The minimum Gasteiger partial charge on any atom is -0.406 e. The van der Waals surface area contributed by atoms with Crippen LogP contribution in [-0.2, 0) is 4.79 Å². The number of ether oxygens (including phenoxy) is 1. The van der Waals surface area contributed by atoms with Crippen molar-refractivity contribution in [3.63, 3.8) is 0 Å². The van der Waals surface area contributed by atoms with Gasteiger partial charge >= 0.3 is 24.5 Å². The Hall–Kier alpha value is -2.93. The van der Waals surface area contributed by atoms with Gasteiger partial charge in [0.25, 0.3) is 0 Å². The lowest BCUT2D eigenvalue weighted by atomic mass is 9.78. The first-order valence-electron chi connectivity index (χ1n) is 11.1. The second-order valence-corrected chi connectivity index (χ2v) is 10.1. The number of benzene rings is 2. The molecule has 0 spiro atoms. The summed E-state index contributed by atoms with van der Waals surface area (Å²) in [4.78, 5) is 25.5.